The first-order valence-electron chi connectivity index (χ1n) is 8.49. The molecule has 6 heteroatoms. The number of H-pyrrole nitrogens is 1. The predicted molar refractivity (Wildman–Crippen MR) is 83.5 cm³/mol. The van der Waals surface area contributed by atoms with Crippen LogP contribution in [0, 0.1) is 0 Å². The first-order valence-corrected chi connectivity index (χ1v) is 8.49. The van der Waals surface area contributed by atoms with Crippen LogP contribution >= 0.6 is 0 Å². The van der Waals surface area contributed by atoms with Crippen LogP contribution in [0.3, 0.4) is 0 Å². The van der Waals surface area contributed by atoms with Crippen molar-refractivity contribution in [3.8, 4) is 0 Å². The Morgan fingerprint density at radius 3 is 3.09 bits per heavy atom. The van der Waals surface area contributed by atoms with E-state index in [-0.39, 0.29) is 11.9 Å². The summed E-state index contributed by atoms with van der Waals surface area (Å²) in [6, 6.07) is -0.325. The molecule has 0 unspecified atom stereocenters. The molecule has 2 heterocycles. The van der Waals surface area contributed by atoms with Gasteiger partial charge in [0.1, 0.15) is 6.04 Å². The molecule has 1 aromatic rings. The van der Waals surface area contributed by atoms with Crippen molar-refractivity contribution in [1.82, 2.24) is 20.6 Å². The number of hydrogen-bond donors (Lipinski definition) is 3. The lowest BCUT2D eigenvalue weighted by Crippen LogP contribution is -2.42. The van der Waals surface area contributed by atoms with E-state index in [1.165, 1.54) is 32.1 Å². The highest BCUT2D eigenvalue weighted by molar-refractivity contribution is 5.83. The number of aromatic amines is 1. The van der Waals surface area contributed by atoms with Crippen molar-refractivity contribution in [3.05, 3.63) is 17.7 Å². The van der Waals surface area contributed by atoms with Gasteiger partial charge in [-0.15, -0.1) is 0 Å². The molecule has 2 aliphatic rings. The third-order valence-corrected chi connectivity index (χ3v) is 4.54. The van der Waals surface area contributed by atoms with E-state index >= 15 is 0 Å². The lowest BCUT2D eigenvalue weighted by Gasteiger charge is -2.23. The molecule has 1 amide bonds. The van der Waals surface area contributed by atoms with Gasteiger partial charge in [0.2, 0.25) is 5.91 Å². The molecule has 1 aliphatic carbocycles. The van der Waals surface area contributed by atoms with Crippen LogP contribution in [0.2, 0.25) is 0 Å². The molecule has 6 nitrogen and oxygen atoms in total. The minimum Gasteiger partial charge on any atom is -0.378 e. The zero-order chi connectivity index (χ0) is 15.2. The smallest absolute Gasteiger partial charge is 0.243 e. The molecule has 0 saturated heterocycles. The highest BCUT2D eigenvalue weighted by Crippen LogP contribution is 2.20. The van der Waals surface area contributed by atoms with Gasteiger partial charge in [-0.3, -0.25) is 4.79 Å². The highest BCUT2D eigenvalue weighted by atomic mass is 16.5. The molecule has 1 saturated carbocycles. The number of carbonyl (C=O) groups is 1. The number of imidazole rings is 1. The Labute approximate surface area is 131 Å². The molecule has 1 fully saturated rings. The number of rotatable bonds is 6. The SMILES string of the molecule is O=C(NCCCOC1CCCCC1)[C@H]1NCCc2[nH]cnc21. The molecule has 0 radical (unpaired) electrons. The van der Waals surface area contributed by atoms with Gasteiger partial charge in [0.25, 0.3) is 0 Å². The van der Waals surface area contributed by atoms with Crippen molar-refractivity contribution in [2.45, 2.75) is 57.1 Å². The van der Waals surface area contributed by atoms with Crippen LogP contribution in [0.25, 0.3) is 0 Å². The third-order valence-electron chi connectivity index (χ3n) is 4.54. The van der Waals surface area contributed by atoms with E-state index in [9.17, 15) is 4.79 Å². The number of nitrogens with zero attached hydrogens (tertiary/aromatic N) is 1. The van der Waals surface area contributed by atoms with Crippen LogP contribution in [0.1, 0.15) is 56.0 Å². The molecule has 1 atom stereocenters. The molecular weight excluding hydrogens is 280 g/mol. The summed E-state index contributed by atoms with van der Waals surface area (Å²) in [5, 5.41) is 6.21. The van der Waals surface area contributed by atoms with Crippen LogP contribution in [0.4, 0.5) is 0 Å². The van der Waals surface area contributed by atoms with Crippen LogP contribution < -0.4 is 10.6 Å². The van der Waals surface area contributed by atoms with Gasteiger partial charge in [-0.05, 0) is 19.3 Å². The maximum atomic E-state index is 12.3. The van der Waals surface area contributed by atoms with Crippen molar-refractivity contribution in [3.63, 3.8) is 0 Å². The number of nitrogens with one attached hydrogen (secondary N) is 3. The second kappa shape index (κ2) is 7.74. The maximum Gasteiger partial charge on any atom is 0.243 e. The van der Waals surface area contributed by atoms with E-state index in [1.807, 2.05) is 0 Å². The second-order valence-corrected chi connectivity index (χ2v) is 6.18. The first kappa shape index (κ1) is 15.5. The van der Waals surface area contributed by atoms with Gasteiger partial charge in [-0.2, -0.15) is 0 Å². The molecule has 0 aromatic carbocycles. The quantitative estimate of drug-likeness (QED) is 0.695. The summed E-state index contributed by atoms with van der Waals surface area (Å²) in [6.07, 6.45) is 10.2. The summed E-state index contributed by atoms with van der Waals surface area (Å²) in [5.41, 5.74) is 1.90. The van der Waals surface area contributed by atoms with Crippen molar-refractivity contribution < 1.29 is 9.53 Å². The fraction of sp³-hybridized carbons (Fsp3) is 0.750. The number of carbonyl (C=O) groups excluding carboxylic acids is 1. The van der Waals surface area contributed by atoms with Crippen LogP contribution in [-0.4, -0.2) is 41.7 Å². The van der Waals surface area contributed by atoms with E-state index in [2.05, 4.69) is 20.6 Å². The topological polar surface area (TPSA) is 79.0 Å². The zero-order valence-electron chi connectivity index (χ0n) is 13.1. The summed E-state index contributed by atoms with van der Waals surface area (Å²) in [7, 11) is 0. The van der Waals surface area contributed by atoms with Crippen LogP contribution in [-0.2, 0) is 16.0 Å². The molecule has 122 valence electrons. The average molecular weight is 306 g/mol. The Kier molecular flexibility index (Phi) is 5.45. The fourth-order valence-electron chi connectivity index (χ4n) is 3.30. The Morgan fingerprint density at radius 2 is 2.23 bits per heavy atom. The summed E-state index contributed by atoms with van der Waals surface area (Å²) < 4.78 is 5.87. The number of amides is 1. The Hall–Kier alpha value is -1.40. The molecular formula is C16H26N4O2. The summed E-state index contributed by atoms with van der Waals surface area (Å²) in [5.74, 6) is 0.00529. The predicted octanol–water partition coefficient (Wildman–Crippen LogP) is 1.45. The number of hydrogen-bond acceptors (Lipinski definition) is 4. The van der Waals surface area contributed by atoms with Gasteiger partial charge in [0.05, 0.1) is 18.1 Å². The standard InChI is InChI=1S/C16H26N4O2/c21-16(15-14-13(7-9-17-15)19-11-20-14)18-8-4-10-22-12-5-2-1-3-6-12/h11-12,15,17H,1-10H2,(H,18,21)(H,19,20)/t15-/m0/s1. The molecule has 1 aromatic heterocycles. The number of aromatic nitrogens is 2. The van der Waals surface area contributed by atoms with Crippen LogP contribution in [0.5, 0.6) is 0 Å². The van der Waals surface area contributed by atoms with E-state index in [4.69, 9.17) is 4.74 Å². The highest BCUT2D eigenvalue weighted by Gasteiger charge is 2.27. The van der Waals surface area contributed by atoms with E-state index in [1.54, 1.807) is 6.33 Å². The number of ether oxygens (including phenoxy) is 1. The minimum absolute atomic E-state index is 0.00529. The average Bonchev–Trinajstić information content (AvgIpc) is 3.04. The largest absolute Gasteiger partial charge is 0.378 e. The van der Waals surface area contributed by atoms with Crippen molar-refractivity contribution >= 4 is 5.91 Å². The van der Waals surface area contributed by atoms with Gasteiger partial charge >= 0.3 is 0 Å². The molecule has 0 spiro atoms. The monoisotopic (exact) mass is 306 g/mol. The molecule has 22 heavy (non-hydrogen) atoms. The zero-order valence-corrected chi connectivity index (χ0v) is 13.1. The minimum atomic E-state index is -0.325. The molecule has 1 aliphatic heterocycles. The maximum absolute atomic E-state index is 12.3. The van der Waals surface area contributed by atoms with Gasteiger partial charge in [-0.25, -0.2) is 4.98 Å². The Balaban J connectivity index is 1.35. The Morgan fingerprint density at radius 1 is 1.36 bits per heavy atom. The second-order valence-electron chi connectivity index (χ2n) is 6.18. The molecule has 3 rings (SSSR count). The van der Waals surface area contributed by atoms with Crippen molar-refractivity contribution in [2.24, 2.45) is 0 Å². The van der Waals surface area contributed by atoms with Crippen LogP contribution in [0.15, 0.2) is 6.33 Å². The van der Waals surface area contributed by atoms with Crippen molar-refractivity contribution in [2.75, 3.05) is 19.7 Å². The Bertz CT molecular complexity index is 482. The molecule has 0 bridgehead atoms. The van der Waals surface area contributed by atoms with Gasteiger partial charge in [0.15, 0.2) is 0 Å². The third kappa shape index (κ3) is 3.87. The number of fused-ring (bicyclic) bond motifs is 1. The van der Waals surface area contributed by atoms with Crippen molar-refractivity contribution in [1.29, 1.82) is 0 Å². The van der Waals surface area contributed by atoms with Gasteiger partial charge in [0, 0.05) is 31.8 Å². The normalized spacial score (nSPS) is 22.3. The summed E-state index contributed by atoms with van der Waals surface area (Å²) in [4.78, 5) is 19.6. The van der Waals surface area contributed by atoms with Gasteiger partial charge < -0.3 is 20.4 Å². The molecule has 3 N–H and O–H groups in total. The van der Waals surface area contributed by atoms with Gasteiger partial charge in [-0.1, -0.05) is 19.3 Å². The van der Waals surface area contributed by atoms with E-state index in [0.29, 0.717) is 12.6 Å². The van der Waals surface area contributed by atoms with E-state index in [0.717, 1.165) is 37.4 Å². The summed E-state index contributed by atoms with van der Waals surface area (Å²) >= 11 is 0. The lowest BCUT2D eigenvalue weighted by molar-refractivity contribution is -0.123. The van der Waals surface area contributed by atoms with E-state index < -0.39 is 0 Å². The first-order chi connectivity index (χ1) is 10.8. The lowest BCUT2D eigenvalue weighted by atomic mass is 9.98. The summed E-state index contributed by atoms with van der Waals surface area (Å²) in [6.45, 7) is 2.19. The fourth-order valence-corrected chi connectivity index (χ4v) is 3.30.